The first kappa shape index (κ1) is 16.0. The van der Waals surface area contributed by atoms with Crippen LogP contribution in [-0.4, -0.2) is 37.1 Å². The number of aryl methyl sites for hydroxylation is 1. The zero-order valence-corrected chi connectivity index (χ0v) is 12.7. The molecule has 3 rings (SSSR count). The number of hydrogen-bond acceptors (Lipinski definition) is 8. The van der Waals surface area contributed by atoms with E-state index >= 15 is 0 Å². The van der Waals surface area contributed by atoms with E-state index in [1.807, 2.05) is 0 Å². The molecule has 2 heterocycles. The number of amides is 2. The van der Waals surface area contributed by atoms with E-state index in [4.69, 9.17) is 5.73 Å². The van der Waals surface area contributed by atoms with Crippen molar-refractivity contribution in [3.05, 3.63) is 47.0 Å². The highest BCUT2D eigenvalue weighted by Gasteiger charge is 2.23. The molecule has 0 bridgehead atoms. The van der Waals surface area contributed by atoms with E-state index in [2.05, 4.69) is 36.1 Å². The molecule has 2 amide bonds. The van der Waals surface area contributed by atoms with Crippen molar-refractivity contribution in [1.82, 2.24) is 36.2 Å². The summed E-state index contributed by atoms with van der Waals surface area (Å²) in [6, 6.07) is 5.33. The van der Waals surface area contributed by atoms with E-state index in [0.29, 0.717) is 0 Å². The molecule has 4 N–H and O–H groups in total. The highest BCUT2D eigenvalue weighted by molar-refractivity contribution is 5.99. The Hall–Kier alpha value is -3.83. The Morgan fingerprint density at radius 1 is 1.20 bits per heavy atom. The van der Waals surface area contributed by atoms with Crippen molar-refractivity contribution in [3.8, 4) is 5.82 Å². The number of nitrogens with two attached hydrogens (primary N) is 1. The van der Waals surface area contributed by atoms with Crippen LogP contribution in [-0.2, 0) is 0 Å². The minimum Gasteiger partial charge on any atom is -0.378 e. The third kappa shape index (κ3) is 2.99. The van der Waals surface area contributed by atoms with Crippen LogP contribution in [0.5, 0.6) is 0 Å². The standard InChI is InChI=1S/C13H11FN8O3/c1-6-9(22(21-16-6)11-10(15)19-25-20-11)13(24)18-17-12(23)7-4-2-3-5-8(7)14/h2-5H,1H3,(H2,15,19)(H,17,23)(H,18,24). The number of nitrogens with zero attached hydrogens (tertiary/aromatic N) is 5. The average molecular weight is 346 g/mol. The highest BCUT2D eigenvalue weighted by Crippen LogP contribution is 2.14. The SMILES string of the molecule is Cc1nnn(-c2nonc2N)c1C(=O)NNC(=O)c1ccccc1F. The molecule has 0 saturated carbocycles. The fraction of sp³-hybridized carbons (Fsp3) is 0.0769. The van der Waals surface area contributed by atoms with Crippen molar-refractivity contribution >= 4 is 17.6 Å². The summed E-state index contributed by atoms with van der Waals surface area (Å²) in [6.45, 7) is 1.51. The molecule has 0 atom stereocenters. The van der Waals surface area contributed by atoms with Gasteiger partial charge in [-0.15, -0.1) is 5.10 Å². The fourth-order valence-corrected chi connectivity index (χ4v) is 1.99. The van der Waals surface area contributed by atoms with Gasteiger partial charge in [0.25, 0.3) is 11.8 Å². The quantitative estimate of drug-likeness (QED) is 0.549. The molecule has 0 aliphatic rings. The summed E-state index contributed by atoms with van der Waals surface area (Å²) >= 11 is 0. The number of carbonyl (C=O) groups excluding carboxylic acids is 2. The van der Waals surface area contributed by atoms with Gasteiger partial charge in [-0.2, -0.15) is 4.68 Å². The van der Waals surface area contributed by atoms with Crippen LogP contribution in [0.3, 0.4) is 0 Å². The lowest BCUT2D eigenvalue weighted by molar-refractivity contribution is 0.0839. The fourth-order valence-electron chi connectivity index (χ4n) is 1.99. The van der Waals surface area contributed by atoms with Crippen LogP contribution in [0.15, 0.2) is 28.9 Å². The molecule has 12 heteroatoms. The molecular weight excluding hydrogens is 335 g/mol. The Balaban J connectivity index is 1.79. The maximum Gasteiger partial charge on any atom is 0.290 e. The monoisotopic (exact) mass is 346 g/mol. The number of anilines is 1. The Labute approximate surface area is 138 Å². The van der Waals surface area contributed by atoms with Gasteiger partial charge in [0, 0.05) is 0 Å². The van der Waals surface area contributed by atoms with E-state index in [0.717, 1.165) is 10.7 Å². The average Bonchev–Trinajstić information content (AvgIpc) is 3.18. The molecule has 0 aliphatic carbocycles. The molecular formula is C13H11FN8O3. The molecule has 1 aromatic carbocycles. The van der Waals surface area contributed by atoms with Crippen LogP contribution in [0.4, 0.5) is 10.2 Å². The molecule has 0 unspecified atom stereocenters. The number of hydrogen-bond donors (Lipinski definition) is 3. The van der Waals surface area contributed by atoms with Gasteiger partial charge >= 0.3 is 0 Å². The van der Waals surface area contributed by atoms with E-state index in [9.17, 15) is 14.0 Å². The zero-order valence-electron chi connectivity index (χ0n) is 12.7. The lowest BCUT2D eigenvalue weighted by atomic mass is 10.2. The van der Waals surface area contributed by atoms with Crippen molar-refractivity contribution < 1.29 is 18.6 Å². The smallest absolute Gasteiger partial charge is 0.290 e. The lowest BCUT2D eigenvalue weighted by Crippen LogP contribution is -2.42. The molecule has 0 spiro atoms. The third-order valence-corrected chi connectivity index (χ3v) is 3.16. The van der Waals surface area contributed by atoms with Gasteiger partial charge in [0.05, 0.1) is 11.3 Å². The van der Waals surface area contributed by atoms with Crippen LogP contribution in [0.1, 0.15) is 26.5 Å². The largest absolute Gasteiger partial charge is 0.378 e. The summed E-state index contributed by atoms with van der Waals surface area (Å²) in [5.74, 6) is -2.46. The van der Waals surface area contributed by atoms with Gasteiger partial charge in [0.2, 0.25) is 11.6 Å². The van der Waals surface area contributed by atoms with Crippen LogP contribution < -0.4 is 16.6 Å². The second kappa shape index (κ2) is 6.35. The first-order valence-corrected chi connectivity index (χ1v) is 6.85. The number of halogens is 1. The Morgan fingerprint density at radius 3 is 2.60 bits per heavy atom. The van der Waals surface area contributed by atoms with Gasteiger partial charge in [-0.25, -0.2) is 9.02 Å². The topological polar surface area (TPSA) is 154 Å². The molecule has 3 aromatic rings. The van der Waals surface area contributed by atoms with Crippen LogP contribution in [0, 0.1) is 12.7 Å². The number of rotatable bonds is 3. The third-order valence-electron chi connectivity index (χ3n) is 3.16. The van der Waals surface area contributed by atoms with Gasteiger partial charge in [0.15, 0.2) is 5.69 Å². The summed E-state index contributed by atoms with van der Waals surface area (Å²) in [5, 5.41) is 14.4. The van der Waals surface area contributed by atoms with Crippen molar-refractivity contribution in [1.29, 1.82) is 0 Å². The van der Waals surface area contributed by atoms with Crippen molar-refractivity contribution in [2.75, 3.05) is 5.73 Å². The van der Waals surface area contributed by atoms with Crippen molar-refractivity contribution in [2.24, 2.45) is 0 Å². The molecule has 0 aliphatic heterocycles. The molecule has 0 saturated heterocycles. The number of hydrazine groups is 1. The van der Waals surface area contributed by atoms with E-state index in [1.165, 1.54) is 25.1 Å². The minimum absolute atomic E-state index is 0.0359. The number of aromatic nitrogens is 5. The number of carbonyl (C=O) groups is 2. The minimum atomic E-state index is -0.828. The maximum atomic E-state index is 13.6. The Morgan fingerprint density at radius 2 is 1.92 bits per heavy atom. The predicted octanol–water partition coefficient (Wildman–Crippen LogP) is -0.245. The molecule has 0 fully saturated rings. The molecule has 128 valence electrons. The normalized spacial score (nSPS) is 10.5. The van der Waals surface area contributed by atoms with Gasteiger partial charge < -0.3 is 5.73 Å². The summed E-state index contributed by atoms with van der Waals surface area (Å²) in [5.41, 5.74) is 9.77. The summed E-state index contributed by atoms with van der Waals surface area (Å²) in [6.07, 6.45) is 0. The van der Waals surface area contributed by atoms with Gasteiger partial charge in [0.1, 0.15) is 5.82 Å². The van der Waals surface area contributed by atoms with Crippen molar-refractivity contribution in [2.45, 2.75) is 6.92 Å². The first-order valence-electron chi connectivity index (χ1n) is 6.85. The highest BCUT2D eigenvalue weighted by atomic mass is 19.1. The van der Waals surface area contributed by atoms with Crippen LogP contribution in [0.2, 0.25) is 0 Å². The molecule has 0 radical (unpaired) electrons. The second-order valence-electron chi connectivity index (χ2n) is 4.80. The van der Waals surface area contributed by atoms with Gasteiger partial charge in [-0.05, 0) is 29.4 Å². The Bertz CT molecular complexity index is 950. The maximum absolute atomic E-state index is 13.6. The Kier molecular flexibility index (Phi) is 4.07. The van der Waals surface area contributed by atoms with E-state index in [1.54, 1.807) is 0 Å². The van der Waals surface area contributed by atoms with Gasteiger partial charge in [-0.3, -0.25) is 20.4 Å². The molecule has 25 heavy (non-hydrogen) atoms. The lowest BCUT2D eigenvalue weighted by Gasteiger charge is -2.08. The zero-order chi connectivity index (χ0) is 18.0. The predicted molar refractivity (Wildman–Crippen MR) is 79.7 cm³/mol. The second-order valence-corrected chi connectivity index (χ2v) is 4.80. The number of benzene rings is 1. The van der Waals surface area contributed by atoms with E-state index in [-0.39, 0.29) is 28.6 Å². The van der Waals surface area contributed by atoms with Crippen LogP contribution in [0.25, 0.3) is 5.82 Å². The summed E-state index contributed by atoms with van der Waals surface area (Å²) in [4.78, 5) is 24.3. The van der Waals surface area contributed by atoms with Gasteiger partial charge in [-0.1, -0.05) is 17.3 Å². The number of nitrogen functional groups attached to an aromatic ring is 1. The molecule has 2 aromatic heterocycles. The summed E-state index contributed by atoms with van der Waals surface area (Å²) in [7, 11) is 0. The summed E-state index contributed by atoms with van der Waals surface area (Å²) < 4.78 is 19.0. The molecule has 11 nitrogen and oxygen atoms in total. The first-order chi connectivity index (χ1) is 12.0. The number of nitrogens with one attached hydrogen (secondary N) is 2. The van der Waals surface area contributed by atoms with Crippen molar-refractivity contribution in [3.63, 3.8) is 0 Å². The van der Waals surface area contributed by atoms with E-state index < -0.39 is 17.6 Å². The van der Waals surface area contributed by atoms with Crippen LogP contribution >= 0.6 is 0 Å².